The molecule has 0 saturated carbocycles. The summed E-state index contributed by atoms with van der Waals surface area (Å²) in [4.78, 5) is 8.66. The first-order valence-corrected chi connectivity index (χ1v) is 5.90. The zero-order chi connectivity index (χ0) is 13.4. The summed E-state index contributed by atoms with van der Waals surface area (Å²) >= 11 is 0. The molecule has 2 N–H and O–H groups in total. The predicted molar refractivity (Wildman–Crippen MR) is 69.5 cm³/mol. The van der Waals surface area contributed by atoms with Gasteiger partial charge in [-0.15, -0.1) is 0 Å². The van der Waals surface area contributed by atoms with Crippen LogP contribution in [0.2, 0.25) is 0 Å². The lowest BCUT2D eigenvalue weighted by Crippen LogP contribution is -2.36. The highest BCUT2D eigenvalue weighted by Crippen LogP contribution is 2.08. The van der Waals surface area contributed by atoms with Gasteiger partial charge in [0.25, 0.3) is 0 Å². The van der Waals surface area contributed by atoms with E-state index in [4.69, 9.17) is 20.1 Å². The highest BCUT2D eigenvalue weighted by molar-refractivity contribution is 5.99. The zero-order valence-electron chi connectivity index (χ0n) is 11.3. The molecule has 1 unspecified atom stereocenters. The summed E-state index contributed by atoms with van der Waals surface area (Å²) in [5.41, 5.74) is 0.931. The average molecular weight is 258 g/mol. The first-order valence-electron chi connectivity index (χ1n) is 5.90. The fraction of sp³-hybridized carbons (Fsp3) is 0.818. The van der Waals surface area contributed by atoms with E-state index >= 15 is 0 Å². The molecule has 1 rings (SSSR count). The summed E-state index contributed by atoms with van der Waals surface area (Å²) in [5.74, 6) is 6.15. The highest BCUT2D eigenvalue weighted by Gasteiger charge is 2.15. The molecule has 0 amide bonds. The van der Waals surface area contributed by atoms with Crippen molar-refractivity contribution < 1.29 is 14.2 Å². The number of nitrogens with zero attached hydrogens (tertiary/aromatic N) is 3. The van der Waals surface area contributed by atoms with Crippen LogP contribution < -0.4 is 5.84 Å². The van der Waals surface area contributed by atoms with E-state index in [1.165, 1.54) is 5.01 Å². The molecule has 1 heterocycles. The number of rotatable bonds is 7. The number of hydrazine groups is 1. The average Bonchev–Trinajstić information content (AvgIpc) is 2.33. The van der Waals surface area contributed by atoms with E-state index in [9.17, 15) is 0 Å². The number of nitrogens with two attached hydrogens (primary N) is 1. The molecule has 0 aromatic rings. The van der Waals surface area contributed by atoms with Gasteiger partial charge >= 0.3 is 0 Å². The molecule has 0 aliphatic carbocycles. The second-order valence-electron chi connectivity index (χ2n) is 4.14. The first kappa shape index (κ1) is 15.0. The van der Waals surface area contributed by atoms with Gasteiger partial charge in [0, 0.05) is 26.3 Å². The summed E-state index contributed by atoms with van der Waals surface area (Å²) in [5, 5.41) is 1.41. The van der Waals surface area contributed by atoms with Crippen molar-refractivity contribution in [2.24, 2.45) is 15.8 Å². The maximum atomic E-state index is 5.62. The number of methoxy groups -OCH3 is 1. The molecule has 0 bridgehead atoms. The summed E-state index contributed by atoms with van der Waals surface area (Å²) in [6.45, 7) is 3.78. The summed E-state index contributed by atoms with van der Waals surface area (Å²) in [7, 11) is 3.35. The van der Waals surface area contributed by atoms with Gasteiger partial charge in [-0.1, -0.05) is 0 Å². The maximum Gasteiger partial charge on any atom is 0.235 e. The minimum Gasteiger partial charge on any atom is -0.382 e. The minimum atomic E-state index is 0.177. The molecule has 0 radical (unpaired) electrons. The Bertz CT molecular complexity index is 305. The van der Waals surface area contributed by atoms with Crippen LogP contribution in [0.25, 0.3) is 0 Å². The third-order valence-electron chi connectivity index (χ3n) is 2.31. The largest absolute Gasteiger partial charge is 0.382 e. The summed E-state index contributed by atoms with van der Waals surface area (Å²) in [6.07, 6.45) is 0.787. The van der Waals surface area contributed by atoms with Crippen molar-refractivity contribution in [2.45, 2.75) is 19.4 Å². The molecule has 1 aliphatic rings. The molecule has 1 aliphatic heterocycles. The van der Waals surface area contributed by atoms with Crippen molar-refractivity contribution in [1.82, 2.24) is 5.01 Å². The molecule has 7 nitrogen and oxygen atoms in total. The van der Waals surface area contributed by atoms with Gasteiger partial charge in [-0.2, -0.15) is 0 Å². The third kappa shape index (κ3) is 5.54. The van der Waals surface area contributed by atoms with Crippen molar-refractivity contribution >= 4 is 11.7 Å². The monoisotopic (exact) mass is 258 g/mol. The van der Waals surface area contributed by atoms with Crippen LogP contribution in [-0.4, -0.2) is 63.5 Å². The third-order valence-corrected chi connectivity index (χ3v) is 2.31. The predicted octanol–water partition coefficient (Wildman–Crippen LogP) is 0.0182. The van der Waals surface area contributed by atoms with E-state index in [1.807, 2.05) is 6.92 Å². The minimum absolute atomic E-state index is 0.177. The van der Waals surface area contributed by atoms with E-state index in [-0.39, 0.29) is 12.8 Å². The normalized spacial score (nSPS) is 19.4. The van der Waals surface area contributed by atoms with Gasteiger partial charge in [-0.25, -0.2) is 15.8 Å². The molecule has 0 aromatic carbocycles. The molecule has 1 atom stereocenters. The molecule has 0 spiro atoms. The fourth-order valence-electron chi connectivity index (χ4n) is 1.48. The van der Waals surface area contributed by atoms with E-state index in [0.717, 1.165) is 12.1 Å². The van der Waals surface area contributed by atoms with Gasteiger partial charge < -0.3 is 14.2 Å². The molecule has 104 valence electrons. The van der Waals surface area contributed by atoms with Crippen LogP contribution in [0.15, 0.2) is 9.98 Å². The van der Waals surface area contributed by atoms with Crippen molar-refractivity contribution in [3.63, 3.8) is 0 Å². The standard InChI is InChI=1S/C11H22N4O3/c1-9-6-10(14-11(13-9)15(2)12)7-18-8-17-5-4-16-3/h9H,4-8,12H2,1-3H3. The zero-order valence-corrected chi connectivity index (χ0v) is 11.3. The SMILES string of the molecule is COCCOCOCC1=NC(N(C)N)=NC(C)C1. The fourth-order valence-corrected chi connectivity index (χ4v) is 1.48. The molecule has 0 fully saturated rings. The van der Waals surface area contributed by atoms with Crippen LogP contribution in [0.3, 0.4) is 0 Å². The van der Waals surface area contributed by atoms with Gasteiger partial charge in [0.05, 0.1) is 25.9 Å². The lowest BCUT2D eigenvalue weighted by molar-refractivity contribution is -0.0544. The Kier molecular flexibility index (Phi) is 6.81. The lowest BCUT2D eigenvalue weighted by Gasteiger charge is -2.20. The Balaban J connectivity index is 2.27. The molecule has 18 heavy (non-hydrogen) atoms. The number of hydrogen-bond donors (Lipinski definition) is 1. The molecular formula is C11H22N4O3. The Morgan fingerprint density at radius 1 is 1.39 bits per heavy atom. The van der Waals surface area contributed by atoms with Gasteiger partial charge in [-0.3, -0.25) is 5.01 Å². The van der Waals surface area contributed by atoms with Crippen LogP contribution in [0.5, 0.6) is 0 Å². The van der Waals surface area contributed by atoms with Crippen LogP contribution in [-0.2, 0) is 14.2 Å². The second-order valence-corrected chi connectivity index (χ2v) is 4.14. The van der Waals surface area contributed by atoms with Gasteiger partial charge in [0.2, 0.25) is 5.96 Å². The van der Waals surface area contributed by atoms with E-state index < -0.39 is 0 Å². The molecule has 7 heteroatoms. The van der Waals surface area contributed by atoms with Crippen LogP contribution in [0.4, 0.5) is 0 Å². The van der Waals surface area contributed by atoms with Crippen LogP contribution >= 0.6 is 0 Å². The molecule has 0 saturated heterocycles. The van der Waals surface area contributed by atoms with Crippen LogP contribution in [0.1, 0.15) is 13.3 Å². The Morgan fingerprint density at radius 2 is 2.17 bits per heavy atom. The number of ether oxygens (including phenoxy) is 3. The lowest BCUT2D eigenvalue weighted by atomic mass is 10.1. The Labute approximate surface area is 108 Å². The Hall–Kier alpha value is -1.02. The highest BCUT2D eigenvalue weighted by atomic mass is 16.7. The quantitative estimate of drug-likeness (QED) is 0.301. The number of hydrogen-bond acceptors (Lipinski definition) is 7. The van der Waals surface area contributed by atoms with Crippen molar-refractivity contribution in [2.75, 3.05) is 40.8 Å². The first-order chi connectivity index (χ1) is 8.63. The second kappa shape index (κ2) is 8.15. The van der Waals surface area contributed by atoms with Crippen molar-refractivity contribution in [1.29, 1.82) is 0 Å². The summed E-state index contributed by atoms with van der Waals surface area (Å²) < 4.78 is 15.4. The van der Waals surface area contributed by atoms with Crippen LogP contribution in [0, 0.1) is 0 Å². The van der Waals surface area contributed by atoms with E-state index in [1.54, 1.807) is 14.2 Å². The van der Waals surface area contributed by atoms with Gasteiger partial charge in [0.1, 0.15) is 6.79 Å². The van der Waals surface area contributed by atoms with E-state index in [0.29, 0.717) is 25.8 Å². The molecule has 0 aromatic heterocycles. The number of guanidine groups is 1. The molecular weight excluding hydrogens is 236 g/mol. The maximum absolute atomic E-state index is 5.62. The van der Waals surface area contributed by atoms with Crippen molar-refractivity contribution in [3.8, 4) is 0 Å². The smallest absolute Gasteiger partial charge is 0.235 e. The Morgan fingerprint density at radius 3 is 2.83 bits per heavy atom. The van der Waals surface area contributed by atoms with E-state index in [2.05, 4.69) is 9.98 Å². The number of aliphatic imine (C=N–C) groups is 2. The van der Waals surface area contributed by atoms with Crippen molar-refractivity contribution in [3.05, 3.63) is 0 Å². The summed E-state index contributed by atoms with van der Waals surface area (Å²) in [6, 6.07) is 0.177. The topological polar surface area (TPSA) is 81.7 Å². The van der Waals surface area contributed by atoms with Gasteiger partial charge in [-0.05, 0) is 6.92 Å². The van der Waals surface area contributed by atoms with Gasteiger partial charge in [0.15, 0.2) is 0 Å².